The van der Waals surface area contributed by atoms with Gasteiger partial charge in [0.1, 0.15) is 0 Å². The predicted octanol–water partition coefficient (Wildman–Crippen LogP) is 5.41. The fourth-order valence-corrected chi connectivity index (χ4v) is 6.34. The molecule has 0 radical (unpaired) electrons. The molecule has 1 saturated heterocycles. The van der Waals surface area contributed by atoms with Crippen molar-refractivity contribution in [2.75, 3.05) is 69.8 Å². The van der Waals surface area contributed by atoms with E-state index in [1.807, 2.05) is 61.5 Å². The summed E-state index contributed by atoms with van der Waals surface area (Å²) in [7, 11) is 3.33. The molecule has 3 aromatic carbocycles. The van der Waals surface area contributed by atoms with Crippen LogP contribution in [0, 0.1) is 0 Å². The van der Waals surface area contributed by atoms with Crippen molar-refractivity contribution in [1.29, 1.82) is 0 Å². The van der Waals surface area contributed by atoms with E-state index < -0.39 is 0 Å². The summed E-state index contributed by atoms with van der Waals surface area (Å²) in [5, 5.41) is 3.79. The van der Waals surface area contributed by atoms with Crippen molar-refractivity contribution < 1.29 is 19.1 Å². The molecule has 8 nitrogen and oxygen atoms in total. The maximum atomic E-state index is 13.2. The summed E-state index contributed by atoms with van der Waals surface area (Å²) >= 11 is 7.54. The van der Waals surface area contributed by atoms with Crippen molar-refractivity contribution >= 4 is 52.6 Å². The van der Waals surface area contributed by atoms with Crippen LogP contribution < -0.4 is 24.6 Å². The number of likely N-dealkylation sites (N-methyl/N-ethyl adjacent to an activating group) is 1. The molecule has 2 aliphatic heterocycles. The lowest BCUT2D eigenvalue weighted by Gasteiger charge is -2.36. The molecule has 1 N–H and O–H groups in total. The summed E-state index contributed by atoms with van der Waals surface area (Å²) in [4.78, 5) is 34.0. The SMILES string of the molecule is CCOc1ccc(/C=C2/Sc3ccc(C(=O)NCCN4CCN(c5cccc(Cl)c5)CC4)cc3N(C)C2=O)cc1OC. The van der Waals surface area contributed by atoms with Gasteiger partial charge in [0, 0.05) is 67.5 Å². The lowest BCUT2D eigenvalue weighted by atomic mass is 10.1. The van der Waals surface area contributed by atoms with Crippen molar-refractivity contribution in [3.05, 3.63) is 81.7 Å². The van der Waals surface area contributed by atoms with E-state index in [-0.39, 0.29) is 11.8 Å². The number of thioether (sulfide) groups is 1. The van der Waals surface area contributed by atoms with Gasteiger partial charge in [0.25, 0.3) is 11.8 Å². The molecule has 10 heteroatoms. The van der Waals surface area contributed by atoms with Crippen LogP contribution in [0.2, 0.25) is 5.02 Å². The minimum atomic E-state index is -0.149. The lowest BCUT2D eigenvalue weighted by molar-refractivity contribution is -0.114. The summed E-state index contributed by atoms with van der Waals surface area (Å²) in [6.07, 6.45) is 1.85. The Morgan fingerprint density at radius 2 is 1.86 bits per heavy atom. The molecule has 5 rings (SSSR count). The molecule has 0 unspecified atom stereocenters. The average Bonchev–Trinajstić information content (AvgIpc) is 3.00. The number of ether oxygens (including phenoxy) is 2. The minimum Gasteiger partial charge on any atom is -0.493 e. The van der Waals surface area contributed by atoms with Crippen molar-refractivity contribution in [3.63, 3.8) is 0 Å². The van der Waals surface area contributed by atoms with Gasteiger partial charge in [-0.15, -0.1) is 0 Å². The second kappa shape index (κ2) is 13.5. The van der Waals surface area contributed by atoms with Gasteiger partial charge < -0.3 is 24.6 Å². The molecule has 220 valence electrons. The smallest absolute Gasteiger partial charge is 0.264 e. The van der Waals surface area contributed by atoms with E-state index in [1.54, 1.807) is 25.1 Å². The number of carbonyl (C=O) groups is 2. The number of anilines is 2. The molecular weight excluding hydrogens is 572 g/mol. The Bertz CT molecular complexity index is 1490. The zero-order chi connectivity index (χ0) is 29.6. The number of nitrogens with one attached hydrogen (secondary N) is 1. The fourth-order valence-electron chi connectivity index (χ4n) is 5.07. The van der Waals surface area contributed by atoms with Crippen LogP contribution in [0.15, 0.2) is 70.5 Å². The first-order valence-electron chi connectivity index (χ1n) is 14.0. The number of fused-ring (bicyclic) bond motifs is 1. The van der Waals surface area contributed by atoms with Crippen LogP contribution in [-0.2, 0) is 4.79 Å². The highest BCUT2D eigenvalue weighted by Crippen LogP contribution is 2.42. The number of nitrogens with zero attached hydrogens (tertiary/aromatic N) is 3. The van der Waals surface area contributed by atoms with E-state index in [2.05, 4.69) is 21.2 Å². The van der Waals surface area contributed by atoms with Crippen LogP contribution in [0.4, 0.5) is 11.4 Å². The highest BCUT2D eigenvalue weighted by atomic mass is 35.5. The van der Waals surface area contributed by atoms with Crippen LogP contribution >= 0.6 is 23.4 Å². The quantitative estimate of drug-likeness (QED) is 0.327. The summed E-state index contributed by atoms with van der Waals surface area (Å²) in [5.74, 6) is 0.997. The molecule has 0 spiro atoms. The molecule has 3 aromatic rings. The molecule has 0 bridgehead atoms. The van der Waals surface area contributed by atoms with E-state index in [0.717, 1.165) is 59.6 Å². The number of benzene rings is 3. The van der Waals surface area contributed by atoms with E-state index in [9.17, 15) is 9.59 Å². The van der Waals surface area contributed by atoms with Gasteiger partial charge in [-0.3, -0.25) is 14.5 Å². The van der Waals surface area contributed by atoms with Gasteiger partial charge >= 0.3 is 0 Å². The van der Waals surface area contributed by atoms with Crippen LogP contribution in [0.25, 0.3) is 6.08 Å². The topological polar surface area (TPSA) is 74.4 Å². The summed E-state index contributed by atoms with van der Waals surface area (Å²) in [6.45, 7) is 7.46. The molecule has 2 amide bonds. The first-order chi connectivity index (χ1) is 20.4. The summed E-state index contributed by atoms with van der Waals surface area (Å²) < 4.78 is 11.1. The van der Waals surface area contributed by atoms with Crippen molar-refractivity contribution in [1.82, 2.24) is 10.2 Å². The van der Waals surface area contributed by atoms with Crippen molar-refractivity contribution in [2.24, 2.45) is 0 Å². The van der Waals surface area contributed by atoms with Gasteiger partial charge in [-0.1, -0.05) is 35.5 Å². The van der Waals surface area contributed by atoms with E-state index in [4.69, 9.17) is 21.1 Å². The fraction of sp³-hybridized carbons (Fsp3) is 0.312. The minimum absolute atomic E-state index is 0.130. The molecule has 2 aliphatic rings. The number of piperazine rings is 1. The molecular formula is C32H35ClN4O4S. The largest absolute Gasteiger partial charge is 0.493 e. The van der Waals surface area contributed by atoms with Crippen molar-refractivity contribution in [3.8, 4) is 11.5 Å². The zero-order valence-corrected chi connectivity index (χ0v) is 25.6. The zero-order valence-electron chi connectivity index (χ0n) is 24.1. The van der Waals surface area contributed by atoms with Gasteiger partial charge in [-0.05, 0) is 67.1 Å². The van der Waals surface area contributed by atoms with Crippen LogP contribution in [0.3, 0.4) is 0 Å². The summed E-state index contributed by atoms with van der Waals surface area (Å²) in [5.41, 5.74) is 3.23. The Kier molecular flexibility index (Phi) is 9.62. The Morgan fingerprint density at radius 3 is 2.60 bits per heavy atom. The van der Waals surface area contributed by atoms with E-state index in [0.29, 0.717) is 35.1 Å². The standard InChI is InChI=1S/C32H35ClN4O4S/c1-4-41-27-10-8-22(18-28(27)40-3)19-30-32(39)35(2)26-20-23(9-11-29(26)42-30)31(38)34-12-13-36-14-16-37(17-15-36)25-7-5-6-24(33)21-25/h5-11,18-21H,4,12-17H2,1-3H3,(H,34,38)/b30-19+. The van der Waals surface area contributed by atoms with E-state index >= 15 is 0 Å². The number of hydrogen-bond donors (Lipinski definition) is 1. The second-order valence-electron chi connectivity index (χ2n) is 10.1. The molecule has 1 fully saturated rings. The van der Waals surface area contributed by atoms with Gasteiger partial charge in [0.15, 0.2) is 11.5 Å². The Morgan fingerprint density at radius 1 is 1.05 bits per heavy atom. The number of carbonyl (C=O) groups excluding carboxylic acids is 2. The van der Waals surface area contributed by atoms with Crippen LogP contribution in [0.5, 0.6) is 11.5 Å². The third kappa shape index (κ3) is 6.86. The van der Waals surface area contributed by atoms with Gasteiger partial charge in [-0.25, -0.2) is 0 Å². The Hall–Kier alpha value is -3.66. The monoisotopic (exact) mass is 606 g/mol. The van der Waals surface area contributed by atoms with Crippen LogP contribution in [0.1, 0.15) is 22.8 Å². The maximum absolute atomic E-state index is 13.2. The lowest BCUT2D eigenvalue weighted by Crippen LogP contribution is -2.48. The molecule has 42 heavy (non-hydrogen) atoms. The van der Waals surface area contributed by atoms with Gasteiger partial charge in [0.2, 0.25) is 0 Å². The molecule has 2 heterocycles. The Labute approximate surface area is 256 Å². The highest BCUT2D eigenvalue weighted by molar-refractivity contribution is 8.04. The molecule has 0 aromatic heterocycles. The normalized spacial score (nSPS) is 16.4. The second-order valence-corrected chi connectivity index (χ2v) is 11.6. The first kappa shape index (κ1) is 29.8. The van der Waals surface area contributed by atoms with Crippen LogP contribution in [-0.4, -0.2) is 76.7 Å². The number of methoxy groups -OCH3 is 1. The number of amides is 2. The first-order valence-corrected chi connectivity index (χ1v) is 15.2. The number of hydrogen-bond acceptors (Lipinski definition) is 7. The third-order valence-corrected chi connectivity index (χ3v) is 8.67. The summed E-state index contributed by atoms with van der Waals surface area (Å²) in [6, 6.07) is 19.0. The molecule has 0 saturated carbocycles. The Balaban J connectivity index is 1.17. The maximum Gasteiger partial charge on any atom is 0.264 e. The van der Waals surface area contributed by atoms with Gasteiger partial charge in [0.05, 0.1) is 24.3 Å². The average molecular weight is 607 g/mol. The van der Waals surface area contributed by atoms with Gasteiger partial charge in [-0.2, -0.15) is 0 Å². The third-order valence-electron chi connectivity index (χ3n) is 7.36. The van der Waals surface area contributed by atoms with E-state index in [1.165, 1.54) is 11.8 Å². The highest BCUT2D eigenvalue weighted by Gasteiger charge is 2.27. The van der Waals surface area contributed by atoms with Crippen molar-refractivity contribution in [2.45, 2.75) is 11.8 Å². The number of halogens is 1. The predicted molar refractivity (Wildman–Crippen MR) is 170 cm³/mol. The number of rotatable bonds is 9. The molecule has 0 aliphatic carbocycles. The molecule has 0 atom stereocenters.